The van der Waals surface area contributed by atoms with Crippen LogP contribution in [0.25, 0.3) is 0 Å². The number of rotatable bonds is 3. The van der Waals surface area contributed by atoms with Crippen molar-refractivity contribution in [2.45, 2.75) is 25.4 Å². The molecule has 0 radical (unpaired) electrons. The van der Waals surface area contributed by atoms with Gasteiger partial charge in [0.1, 0.15) is 6.04 Å². The largest absolute Gasteiger partial charge is 0.344 e. The van der Waals surface area contributed by atoms with Crippen molar-refractivity contribution in [3.05, 3.63) is 34.3 Å². The summed E-state index contributed by atoms with van der Waals surface area (Å²) in [7, 11) is 1.74. The van der Waals surface area contributed by atoms with Crippen LogP contribution in [0.2, 0.25) is 0 Å². The van der Waals surface area contributed by atoms with Gasteiger partial charge in [-0.3, -0.25) is 4.79 Å². The highest BCUT2D eigenvalue weighted by Crippen LogP contribution is 2.17. The molecule has 20 heavy (non-hydrogen) atoms. The van der Waals surface area contributed by atoms with Gasteiger partial charge in [-0.1, -0.05) is 28.1 Å². The Morgan fingerprint density at radius 1 is 1.50 bits per heavy atom. The van der Waals surface area contributed by atoms with Gasteiger partial charge in [0, 0.05) is 18.1 Å². The Hall–Kier alpha value is -1.56. The highest BCUT2D eigenvalue weighted by atomic mass is 79.9. The molecule has 1 aliphatic rings. The molecule has 5 nitrogen and oxygen atoms in total. The zero-order chi connectivity index (χ0) is 14.7. The van der Waals surface area contributed by atoms with Crippen molar-refractivity contribution in [2.75, 3.05) is 13.6 Å². The molecule has 0 saturated carbocycles. The van der Waals surface area contributed by atoms with Crippen LogP contribution in [0, 0.1) is 0 Å². The topological polar surface area (TPSA) is 61.4 Å². The van der Waals surface area contributed by atoms with E-state index in [0.29, 0.717) is 13.0 Å². The number of likely N-dealkylation sites (tertiary alicyclic amines) is 1. The second-order valence-corrected chi connectivity index (χ2v) is 5.91. The van der Waals surface area contributed by atoms with Gasteiger partial charge in [0.05, 0.1) is 6.04 Å². The Labute approximate surface area is 126 Å². The van der Waals surface area contributed by atoms with Crippen molar-refractivity contribution >= 4 is 27.9 Å². The second-order valence-electron chi connectivity index (χ2n) is 5.00. The first-order valence-corrected chi connectivity index (χ1v) is 7.34. The number of halogens is 1. The van der Waals surface area contributed by atoms with E-state index in [1.54, 1.807) is 11.9 Å². The number of carbonyl (C=O) groups is 2. The molecule has 2 N–H and O–H groups in total. The van der Waals surface area contributed by atoms with Crippen LogP contribution >= 0.6 is 15.9 Å². The molecule has 1 heterocycles. The molecule has 0 bridgehead atoms. The summed E-state index contributed by atoms with van der Waals surface area (Å²) in [6.07, 6.45) is 0.661. The lowest BCUT2D eigenvalue weighted by Crippen LogP contribution is -2.46. The smallest absolute Gasteiger partial charge is 0.315 e. The minimum atomic E-state index is -0.408. The number of nitrogens with one attached hydrogen (secondary N) is 2. The fourth-order valence-electron chi connectivity index (χ4n) is 2.21. The summed E-state index contributed by atoms with van der Waals surface area (Å²) in [5.41, 5.74) is 1.00. The van der Waals surface area contributed by atoms with Crippen molar-refractivity contribution < 1.29 is 9.59 Å². The number of carbonyl (C=O) groups excluding carboxylic acids is 2. The molecule has 1 saturated heterocycles. The maximum atomic E-state index is 11.9. The summed E-state index contributed by atoms with van der Waals surface area (Å²) < 4.78 is 0.969. The molecule has 1 aliphatic heterocycles. The van der Waals surface area contributed by atoms with Crippen molar-refractivity contribution in [3.8, 4) is 0 Å². The van der Waals surface area contributed by atoms with E-state index in [0.717, 1.165) is 10.0 Å². The molecular weight excluding hydrogens is 322 g/mol. The number of hydrogen-bond donors (Lipinski definition) is 2. The van der Waals surface area contributed by atoms with Crippen molar-refractivity contribution in [2.24, 2.45) is 0 Å². The van der Waals surface area contributed by atoms with Crippen molar-refractivity contribution in [3.63, 3.8) is 0 Å². The summed E-state index contributed by atoms with van der Waals surface area (Å²) in [6.45, 7) is 2.59. The van der Waals surface area contributed by atoms with Crippen molar-refractivity contribution in [1.29, 1.82) is 0 Å². The van der Waals surface area contributed by atoms with Crippen LogP contribution in [0.4, 0.5) is 4.79 Å². The number of nitrogens with zero attached hydrogens (tertiary/aromatic N) is 1. The molecule has 6 heteroatoms. The van der Waals surface area contributed by atoms with Gasteiger partial charge in [0.2, 0.25) is 5.91 Å². The van der Waals surface area contributed by atoms with Gasteiger partial charge in [0.15, 0.2) is 0 Å². The Bertz CT molecular complexity index is 521. The Morgan fingerprint density at radius 3 is 2.85 bits per heavy atom. The lowest BCUT2D eigenvalue weighted by Gasteiger charge is -2.17. The van der Waals surface area contributed by atoms with E-state index in [9.17, 15) is 9.59 Å². The van der Waals surface area contributed by atoms with Gasteiger partial charge >= 0.3 is 6.03 Å². The average Bonchev–Trinajstić information content (AvgIpc) is 2.70. The quantitative estimate of drug-likeness (QED) is 0.885. The lowest BCUT2D eigenvalue weighted by molar-refractivity contribution is -0.128. The minimum absolute atomic E-state index is 0.0322. The third-order valence-corrected chi connectivity index (χ3v) is 3.92. The molecule has 1 aromatic carbocycles. The summed E-state index contributed by atoms with van der Waals surface area (Å²) in [4.78, 5) is 25.3. The predicted octanol–water partition coefficient (Wildman–Crippen LogP) is 2.04. The van der Waals surface area contributed by atoms with Crippen molar-refractivity contribution in [1.82, 2.24) is 15.5 Å². The van der Waals surface area contributed by atoms with Gasteiger partial charge in [-0.05, 0) is 31.0 Å². The van der Waals surface area contributed by atoms with Crippen LogP contribution in [0.5, 0.6) is 0 Å². The predicted molar refractivity (Wildman–Crippen MR) is 80.3 cm³/mol. The normalized spacial score (nSPS) is 19.9. The van der Waals surface area contributed by atoms with E-state index in [-0.39, 0.29) is 18.0 Å². The zero-order valence-electron chi connectivity index (χ0n) is 11.5. The highest BCUT2D eigenvalue weighted by Gasteiger charge is 2.30. The van der Waals surface area contributed by atoms with Crippen LogP contribution in [0.1, 0.15) is 24.9 Å². The summed E-state index contributed by atoms with van der Waals surface area (Å²) in [6, 6.07) is 6.92. The first-order chi connectivity index (χ1) is 9.47. The number of likely N-dealkylation sites (N-methyl/N-ethyl adjacent to an activating group) is 1. The fourth-order valence-corrected chi connectivity index (χ4v) is 2.63. The summed E-state index contributed by atoms with van der Waals surface area (Å²) in [5, 5.41) is 5.57. The van der Waals surface area contributed by atoms with Gasteiger partial charge < -0.3 is 15.5 Å². The van der Waals surface area contributed by atoms with Crippen LogP contribution in [-0.2, 0) is 4.79 Å². The average molecular weight is 340 g/mol. The molecule has 0 aromatic heterocycles. The number of benzene rings is 1. The lowest BCUT2D eigenvalue weighted by atomic mass is 10.1. The first-order valence-electron chi connectivity index (χ1n) is 6.55. The zero-order valence-corrected chi connectivity index (χ0v) is 13.1. The molecule has 1 aromatic rings. The third-order valence-electron chi connectivity index (χ3n) is 3.43. The molecule has 2 unspecified atom stereocenters. The Morgan fingerprint density at radius 2 is 2.25 bits per heavy atom. The molecule has 2 rings (SSSR count). The monoisotopic (exact) mass is 339 g/mol. The summed E-state index contributed by atoms with van der Waals surface area (Å²) in [5.74, 6) is -0.0322. The molecule has 3 amide bonds. The SMILES string of the molecule is CC(NC(=O)NC1CCN(C)C1=O)c1cccc(Br)c1. The molecule has 0 aliphatic carbocycles. The standard InChI is InChI=1S/C14H18BrN3O2/c1-9(10-4-3-5-11(15)8-10)16-14(20)17-12-6-7-18(2)13(12)19/h3-5,8-9,12H,6-7H2,1-2H3,(H2,16,17,20). The third kappa shape index (κ3) is 3.50. The molecular formula is C14H18BrN3O2. The first kappa shape index (κ1) is 14.8. The Balaban J connectivity index is 1.90. The van der Waals surface area contributed by atoms with E-state index in [1.165, 1.54) is 0 Å². The van der Waals surface area contributed by atoms with Crippen LogP contribution in [0.15, 0.2) is 28.7 Å². The fraction of sp³-hybridized carbons (Fsp3) is 0.429. The van der Waals surface area contributed by atoms with Crippen LogP contribution in [0.3, 0.4) is 0 Å². The molecule has 0 spiro atoms. The van der Waals surface area contributed by atoms with E-state index in [1.807, 2.05) is 31.2 Å². The van der Waals surface area contributed by atoms with Gasteiger partial charge in [-0.15, -0.1) is 0 Å². The van der Waals surface area contributed by atoms with Crippen LogP contribution < -0.4 is 10.6 Å². The number of hydrogen-bond acceptors (Lipinski definition) is 2. The van der Waals surface area contributed by atoms with E-state index < -0.39 is 6.04 Å². The Kier molecular flexibility index (Phi) is 4.65. The molecule has 1 fully saturated rings. The van der Waals surface area contributed by atoms with Gasteiger partial charge in [-0.25, -0.2) is 4.79 Å². The number of urea groups is 1. The maximum absolute atomic E-state index is 11.9. The van der Waals surface area contributed by atoms with E-state index in [4.69, 9.17) is 0 Å². The van der Waals surface area contributed by atoms with Crippen LogP contribution in [-0.4, -0.2) is 36.5 Å². The minimum Gasteiger partial charge on any atom is -0.344 e. The van der Waals surface area contributed by atoms with E-state index in [2.05, 4.69) is 26.6 Å². The molecule has 108 valence electrons. The van der Waals surface area contributed by atoms with E-state index >= 15 is 0 Å². The number of amides is 3. The molecule has 2 atom stereocenters. The van der Waals surface area contributed by atoms with Gasteiger partial charge in [0.25, 0.3) is 0 Å². The highest BCUT2D eigenvalue weighted by molar-refractivity contribution is 9.10. The summed E-state index contributed by atoms with van der Waals surface area (Å²) >= 11 is 3.40. The van der Waals surface area contributed by atoms with Gasteiger partial charge in [-0.2, -0.15) is 0 Å². The second kappa shape index (κ2) is 6.26. The maximum Gasteiger partial charge on any atom is 0.315 e.